The molecule has 2 heteroatoms. The van der Waals surface area contributed by atoms with E-state index >= 15 is 0 Å². The molecule has 2 aromatic carbocycles. The van der Waals surface area contributed by atoms with Gasteiger partial charge in [-0.05, 0) is 18.1 Å². The van der Waals surface area contributed by atoms with Crippen molar-refractivity contribution in [1.82, 2.24) is 0 Å². The molecule has 0 bridgehead atoms. The van der Waals surface area contributed by atoms with Crippen molar-refractivity contribution >= 4 is 6.29 Å². The minimum absolute atomic E-state index is 0.582. The molecule has 1 unspecified atom stereocenters. The van der Waals surface area contributed by atoms with Crippen LogP contribution in [0.2, 0.25) is 0 Å². The third-order valence-corrected chi connectivity index (χ3v) is 3.27. The Bertz CT molecular complexity index is 582. The molecule has 0 aliphatic rings. The molecule has 0 amide bonds. The van der Waals surface area contributed by atoms with E-state index in [2.05, 4.69) is 6.58 Å². The minimum atomic E-state index is -1.24. The van der Waals surface area contributed by atoms with Gasteiger partial charge in [0.25, 0.3) is 0 Å². The van der Waals surface area contributed by atoms with Gasteiger partial charge in [-0.1, -0.05) is 66.7 Å². The highest BCUT2D eigenvalue weighted by atomic mass is 16.3. The van der Waals surface area contributed by atoms with E-state index in [0.717, 1.165) is 17.4 Å². The topological polar surface area (TPSA) is 37.3 Å². The van der Waals surface area contributed by atoms with Crippen LogP contribution in [0.15, 0.2) is 61.2 Å². The summed E-state index contributed by atoms with van der Waals surface area (Å²) in [5.74, 6) is 0. The van der Waals surface area contributed by atoms with E-state index in [-0.39, 0.29) is 0 Å². The Morgan fingerprint density at radius 2 is 1.47 bits per heavy atom. The third kappa shape index (κ3) is 2.49. The summed E-state index contributed by atoms with van der Waals surface area (Å²) in [5, 5.41) is 10.8. The van der Waals surface area contributed by atoms with Crippen molar-refractivity contribution in [2.45, 2.75) is 12.5 Å². The van der Waals surface area contributed by atoms with Gasteiger partial charge in [0.05, 0.1) is 0 Å². The zero-order valence-corrected chi connectivity index (χ0v) is 10.8. The van der Waals surface area contributed by atoms with Crippen molar-refractivity contribution in [2.75, 3.05) is 0 Å². The number of carbonyl (C=O) groups is 1. The summed E-state index contributed by atoms with van der Waals surface area (Å²) in [6.45, 7) is 5.73. The number of carbonyl (C=O) groups excluding carboxylic acids is 1. The second-order valence-electron chi connectivity index (χ2n) is 4.58. The maximum atomic E-state index is 10.8. The third-order valence-electron chi connectivity index (χ3n) is 3.27. The second-order valence-corrected chi connectivity index (χ2v) is 4.58. The molecule has 0 spiro atoms. The fourth-order valence-corrected chi connectivity index (χ4v) is 2.03. The van der Waals surface area contributed by atoms with Crippen LogP contribution in [0.4, 0.5) is 0 Å². The standard InChI is InChI=1S/C17H16O2/c1-3-17(19,15-8-4-13(2)5-9-15)16-10-6-14(12-18)7-11-16/h3-12,19H,1H2,2H3. The van der Waals surface area contributed by atoms with Gasteiger partial charge in [-0.25, -0.2) is 0 Å². The van der Waals surface area contributed by atoms with E-state index in [1.54, 1.807) is 24.3 Å². The average Bonchev–Trinajstić information content (AvgIpc) is 2.47. The van der Waals surface area contributed by atoms with Gasteiger partial charge in [0, 0.05) is 5.56 Å². The SMILES string of the molecule is C=CC(O)(c1ccc(C)cc1)c1ccc(C=O)cc1. The van der Waals surface area contributed by atoms with Crippen LogP contribution in [0.3, 0.4) is 0 Å². The molecule has 0 saturated carbocycles. The Kier molecular flexibility index (Phi) is 3.63. The first-order valence-corrected chi connectivity index (χ1v) is 6.09. The molecule has 96 valence electrons. The van der Waals surface area contributed by atoms with Crippen LogP contribution in [-0.4, -0.2) is 11.4 Å². The maximum absolute atomic E-state index is 10.8. The van der Waals surface area contributed by atoms with Crippen LogP contribution >= 0.6 is 0 Å². The van der Waals surface area contributed by atoms with E-state index in [1.807, 2.05) is 31.2 Å². The summed E-state index contributed by atoms with van der Waals surface area (Å²) < 4.78 is 0. The van der Waals surface area contributed by atoms with Crippen LogP contribution < -0.4 is 0 Å². The Morgan fingerprint density at radius 3 is 1.89 bits per heavy atom. The molecule has 2 rings (SSSR count). The van der Waals surface area contributed by atoms with Crippen molar-refractivity contribution in [2.24, 2.45) is 0 Å². The molecule has 0 heterocycles. The normalized spacial score (nSPS) is 13.6. The molecular weight excluding hydrogens is 236 g/mol. The summed E-state index contributed by atoms with van der Waals surface area (Å²) in [5.41, 5.74) is 1.92. The zero-order valence-electron chi connectivity index (χ0n) is 10.8. The molecule has 2 aromatic rings. The van der Waals surface area contributed by atoms with Gasteiger partial charge in [-0.3, -0.25) is 4.79 Å². The summed E-state index contributed by atoms with van der Waals surface area (Å²) in [7, 11) is 0. The lowest BCUT2D eigenvalue weighted by Gasteiger charge is -2.25. The monoisotopic (exact) mass is 252 g/mol. The van der Waals surface area contributed by atoms with E-state index < -0.39 is 5.60 Å². The predicted octanol–water partition coefficient (Wildman–Crippen LogP) is 3.23. The number of aryl methyl sites for hydroxylation is 1. The van der Waals surface area contributed by atoms with Crippen molar-refractivity contribution in [1.29, 1.82) is 0 Å². The summed E-state index contributed by atoms with van der Waals surface area (Å²) in [4.78, 5) is 10.7. The van der Waals surface area contributed by atoms with Crippen molar-refractivity contribution < 1.29 is 9.90 Å². The molecule has 1 atom stereocenters. The molecule has 0 fully saturated rings. The quantitative estimate of drug-likeness (QED) is 0.670. The van der Waals surface area contributed by atoms with Gasteiger partial charge in [-0.2, -0.15) is 0 Å². The lowest BCUT2D eigenvalue weighted by molar-refractivity contribution is 0.112. The lowest BCUT2D eigenvalue weighted by Crippen LogP contribution is -2.24. The van der Waals surface area contributed by atoms with Gasteiger partial charge in [0.1, 0.15) is 11.9 Å². The van der Waals surface area contributed by atoms with E-state index in [4.69, 9.17) is 0 Å². The van der Waals surface area contributed by atoms with Gasteiger partial charge in [-0.15, -0.1) is 0 Å². The maximum Gasteiger partial charge on any atom is 0.150 e. The van der Waals surface area contributed by atoms with Gasteiger partial charge in [0.2, 0.25) is 0 Å². The Hall–Kier alpha value is -2.19. The Balaban J connectivity index is 2.48. The Morgan fingerprint density at radius 1 is 1.00 bits per heavy atom. The number of rotatable bonds is 4. The number of aliphatic hydroxyl groups is 1. The molecular formula is C17H16O2. The van der Waals surface area contributed by atoms with Gasteiger partial charge >= 0.3 is 0 Å². The van der Waals surface area contributed by atoms with Crippen LogP contribution in [0.25, 0.3) is 0 Å². The molecule has 0 aromatic heterocycles. The molecule has 0 aliphatic heterocycles. The highest BCUT2D eigenvalue weighted by molar-refractivity contribution is 5.74. The first-order chi connectivity index (χ1) is 9.10. The summed E-state index contributed by atoms with van der Waals surface area (Å²) in [6, 6.07) is 14.5. The molecule has 0 radical (unpaired) electrons. The number of aldehydes is 1. The first-order valence-electron chi connectivity index (χ1n) is 6.09. The van der Waals surface area contributed by atoms with E-state index in [1.165, 1.54) is 6.08 Å². The second kappa shape index (κ2) is 5.21. The van der Waals surface area contributed by atoms with Gasteiger partial charge in [0.15, 0.2) is 0 Å². The summed E-state index contributed by atoms with van der Waals surface area (Å²) >= 11 is 0. The molecule has 0 saturated heterocycles. The molecule has 19 heavy (non-hydrogen) atoms. The van der Waals surface area contributed by atoms with Crippen LogP contribution in [0, 0.1) is 6.92 Å². The molecule has 2 nitrogen and oxygen atoms in total. The van der Waals surface area contributed by atoms with E-state index in [0.29, 0.717) is 11.1 Å². The van der Waals surface area contributed by atoms with Crippen molar-refractivity contribution in [3.63, 3.8) is 0 Å². The Labute approximate surface area is 113 Å². The lowest BCUT2D eigenvalue weighted by atomic mass is 9.86. The van der Waals surface area contributed by atoms with Crippen molar-refractivity contribution in [3.8, 4) is 0 Å². The van der Waals surface area contributed by atoms with Crippen LogP contribution in [0.5, 0.6) is 0 Å². The zero-order chi connectivity index (χ0) is 13.9. The minimum Gasteiger partial charge on any atom is -0.377 e. The summed E-state index contributed by atoms with van der Waals surface area (Å²) in [6.07, 6.45) is 2.29. The highest BCUT2D eigenvalue weighted by Crippen LogP contribution is 2.30. The average molecular weight is 252 g/mol. The smallest absolute Gasteiger partial charge is 0.150 e. The van der Waals surface area contributed by atoms with Crippen LogP contribution in [-0.2, 0) is 5.60 Å². The first kappa shape index (κ1) is 13.2. The van der Waals surface area contributed by atoms with Crippen molar-refractivity contribution in [3.05, 3.63) is 83.4 Å². The fourth-order valence-electron chi connectivity index (χ4n) is 2.03. The largest absolute Gasteiger partial charge is 0.377 e. The fraction of sp³-hybridized carbons (Fsp3) is 0.118. The molecule has 0 aliphatic carbocycles. The number of hydrogen-bond acceptors (Lipinski definition) is 2. The number of benzene rings is 2. The number of hydrogen-bond donors (Lipinski definition) is 1. The predicted molar refractivity (Wildman–Crippen MR) is 76.2 cm³/mol. The van der Waals surface area contributed by atoms with Gasteiger partial charge < -0.3 is 5.11 Å². The molecule has 1 N–H and O–H groups in total. The van der Waals surface area contributed by atoms with Crippen LogP contribution in [0.1, 0.15) is 27.0 Å². The van der Waals surface area contributed by atoms with E-state index in [9.17, 15) is 9.90 Å². The highest BCUT2D eigenvalue weighted by Gasteiger charge is 2.27.